The molecular weight excluding hydrogens is 266 g/mol. The molecule has 0 aliphatic carbocycles. The van der Waals surface area contributed by atoms with E-state index in [2.05, 4.69) is 10.2 Å². The highest BCUT2D eigenvalue weighted by atomic mass is 35.5. The van der Waals surface area contributed by atoms with Gasteiger partial charge in [-0.25, -0.2) is 0 Å². The van der Waals surface area contributed by atoms with Crippen LogP contribution in [-0.2, 0) is 0 Å². The van der Waals surface area contributed by atoms with Gasteiger partial charge in [0.15, 0.2) is 0 Å². The summed E-state index contributed by atoms with van der Waals surface area (Å²) in [6, 6.07) is 3.65. The predicted molar refractivity (Wildman–Crippen MR) is 77.1 cm³/mol. The molecule has 19 heavy (non-hydrogen) atoms. The molecule has 1 fully saturated rings. The molecule has 0 bridgehead atoms. The average molecular weight is 284 g/mol. The summed E-state index contributed by atoms with van der Waals surface area (Å²) in [7, 11) is 2.02. The maximum Gasteiger partial charge on any atom is 0.288 e. The summed E-state index contributed by atoms with van der Waals surface area (Å²) in [5.74, 6) is 0. The molecule has 2 rings (SSSR count). The van der Waals surface area contributed by atoms with E-state index in [9.17, 15) is 10.1 Å². The number of rotatable bonds is 3. The van der Waals surface area contributed by atoms with Crippen molar-refractivity contribution in [1.82, 2.24) is 5.32 Å². The van der Waals surface area contributed by atoms with Crippen molar-refractivity contribution in [1.29, 1.82) is 0 Å². The zero-order chi connectivity index (χ0) is 14.0. The molecule has 1 aromatic rings. The Labute approximate surface area is 117 Å². The fraction of sp³-hybridized carbons (Fsp3) is 0.538. The van der Waals surface area contributed by atoms with Crippen LogP contribution in [0.25, 0.3) is 0 Å². The van der Waals surface area contributed by atoms with Gasteiger partial charge in [-0.3, -0.25) is 10.1 Å². The average Bonchev–Trinajstić information content (AvgIpc) is 2.41. The smallest absolute Gasteiger partial charge is 0.288 e. The van der Waals surface area contributed by atoms with Gasteiger partial charge in [0, 0.05) is 31.4 Å². The number of hydrogen-bond donors (Lipinski definition) is 1. The number of benzene rings is 1. The third-order valence-electron chi connectivity index (χ3n) is 3.66. The van der Waals surface area contributed by atoms with Crippen molar-refractivity contribution in [3.63, 3.8) is 0 Å². The Kier molecular flexibility index (Phi) is 4.27. The van der Waals surface area contributed by atoms with E-state index in [1.54, 1.807) is 12.1 Å². The number of nitro benzene ring substituents is 1. The molecule has 5 nitrogen and oxygen atoms in total. The number of piperidine rings is 1. The van der Waals surface area contributed by atoms with Crippen LogP contribution in [-0.4, -0.2) is 31.1 Å². The topological polar surface area (TPSA) is 58.4 Å². The fourth-order valence-corrected chi connectivity index (χ4v) is 2.76. The van der Waals surface area contributed by atoms with E-state index in [1.165, 1.54) is 0 Å². The SMILES string of the molecule is Cc1cc([N+](=O)[O-])c(Cl)cc1N(C)C1CCCNC1. The van der Waals surface area contributed by atoms with Crippen LogP contribution in [0.2, 0.25) is 5.02 Å². The first-order chi connectivity index (χ1) is 9.00. The number of likely N-dealkylation sites (N-methyl/N-ethyl adjacent to an activating group) is 1. The molecule has 1 unspecified atom stereocenters. The summed E-state index contributed by atoms with van der Waals surface area (Å²) in [6.07, 6.45) is 2.27. The summed E-state index contributed by atoms with van der Waals surface area (Å²) in [4.78, 5) is 12.6. The Morgan fingerprint density at radius 2 is 2.26 bits per heavy atom. The van der Waals surface area contributed by atoms with E-state index in [0.29, 0.717) is 6.04 Å². The van der Waals surface area contributed by atoms with Gasteiger partial charge in [-0.05, 0) is 37.9 Å². The number of anilines is 1. The first kappa shape index (κ1) is 14.1. The molecule has 1 aromatic carbocycles. The van der Waals surface area contributed by atoms with Gasteiger partial charge in [-0.2, -0.15) is 0 Å². The van der Waals surface area contributed by atoms with Crippen LogP contribution < -0.4 is 10.2 Å². The molecule has 1 heterocycles. The highest BCUT2D eigenvalue weighted by Crippen LogP contribution is 2.33. The van der Waals surface area contributed by atoms with Crippen molar-refractivity contribution >= 4 is 23.0 Å². The van der Waals surface area contributed by atoms with Crippen LogP contribution in [0, 0.1) is 17.0 Å². The van der Waals surface area contributed by atoms with E-state index in [1.807, 2.05) is 14.0 Å². The van der Waals surface area contributed by atoms with E-state index >= 15 is 0 Å². The zero-order valence-electron chi connectivity index (χ0n) is 11.1. The van der Waals surface area contributed by atoms with Gasteiger partial charge in [0.25, 0.3) is 5.69 Å². The second kappa shape index (κ2) is 5.75. The lowest BCUT2D eigenvalue weighted by atomic mass is 10.0. The fourth-order valence-electron chi connectivity index (χ4n) is 2.54. The molecule has 1 aliphatic heterocycles. The third kappa shape index (κ3) is 2.98. The normalized spacial score (nSPS) is 19.2. The minimum atomic E-state index is -0.443. The molecule has 0 saturated carbocycles. The number of halogens is 1. The van der Waals surface area contributed by atoms with Crippen LogP contribution in [0.1, 0.15) is 18.4 Å². The molecule has 0 radical (unpaired) electrons. The van der Waals surface area contributed by atoms with Gasteiger partial charge in [0.2, 0.25) is 0 Å². The largest absolute Gasteiger partial charge is 0.370 e. The Morgan fingerprint density at radius 3 is 2.84 bits per heavy atom. The first-order valence-electron chi connectivity index (χ1n) is 6.39. The van der Waals surface area contributed by atoms with Crippen molar-refractivity contribution in [3.05, 3.63) is 32.8 Å². The molecule has 1 saturated heterocycles. The van der Waals surface area contributed by atoms with Crippen molar-refractivity contribution < 1.29 is 4.92 Å². The van der Waals surface area contributed by atoms with Gasteiger partial charge in [-0.1, -0.05) is 11.6 Å². The Hall–Kier alpha value is -1.33. The number of nitro groups is 1. The van der Waals surface area contributed by atoms with Gasteiger partial charge in [0.05, 0.1) is 4.92 Å². The quantitative estimate of drug-likeness (QED) is 0.684. The first-order valence-corrected chi connectivity index (χ1v) is 6.76. The molecule has 1 atom stereocenters. The second-order valence-corrected chi connectivity index (χ2v) is 5.37. The molecule has 0 spiro atoms. The Balaban J connectivity index is 2.29. The predicted octanol–water partition coefficient (Wildman–Crippen LogP) is 2.74. The van der Waals surface area contributed by atoms with E-state index in [0.717, 1.165) is 37.2 Å². The highest BCUT2D eigenvalue weighted by Gasteiger charge is 2.22. The second-order valence-electron chi connectivity index (χ2n) is 4.96. The summed E-state index contributed by atoms with van der Waals surface area (Å²) in [5.41, 5.74) is 1.81. The van der Waals surface area contributed by atoms with Crippen molar-refractivity contribution in [3.8, 4) is 0 Å². The summed E-state index contributed by atoms with van der Waals surface area (Å²) in [6.45, 7) is 3.88. The standard InChI is InChI=1S/C13H18ClN3O2/c1-9-6-13(17(18)19)11(14)7-12(9)16(2)10-4-3-5-15-8-10/h6-7,10,15H,3-5,8H2,1-2H3. The van der Waals surface area contributed by atoms with Crippen LogP contribution in [0.5, 0.6) is 0 Å². The van der Waals surface area contributed by atoms with Crippen LogP contribution >= 0.6 is 11.6 Å². The highest BCUT2D eigenvalue weighted by molar-refractivity contribution is 6.33. The zero-order valence-corrected chi connectivity index (χ0v) is 11.9. The molecule has 0 amide bonds. The van der Waals surface area contributed by atoms with Crippen molar-refractivity contribution in [2.75, 3.05) is 25.0 Å². The molecule has 104 valence electrons. The van der Waals surface area contributed by atoms with Gasteiger partial charge in [0.1, 0.15) is 5.02 Å². The molecular formula is C13H18ClN3O2. The molecule has 0 aromatic heterocycles. The van der Waals surface area contributed by atoms with Gasteiger partial charge in [-0.15, -0.1) is 0 Å². The summed E-state index contributed by atoms with van der Waals surface area (Å²) in [5, 5.41) is 14.4. The number of aryl methyl sites for hydroxylation is 1. The van der Waals surface area contributed by atoms with Gasteiger partial charge >= 0.3 is 0 Å². The number of nitrogens with one attached hydrogen (secondary N) is 1. The van der Waals surface area contributed by atoms with E-state index in [-0.39, 0.29) is 10.7 Å². The lowest BCUT2D eigenvalue weighted by Crippen LogP contribution is -2.44. The maximum absolute atomic E-state index is 10.9. The van der Waals surface area contributed by atoms with Crippen molar-refractivity contribution in [2.24, 2.45) is 0 Å². The number of nitrogens with zero attached hydrogens (tertiary/aromatic N) is 2. The molecule has 1 N–H and O–H groups in total. The van der Waals surface area contributed by atoms with Crippen LogP contribution in [0.4, 0.5) is 11.4 Å². The molecule has 6 heteroatoms. The summed E-state index contributed by atoms with van der Waals surface area (Å²) >= 11 is 6.00. The maximum atomic E-state index is 10.9. The van der Waals surface area contributed by atoms with Crippen LogP contribution in [0.15, 0.2) is 12.1 Å². The molecule has 1 aliphatic rings. The minimum absolute atomic E-state index is 0.0296. The van der Waals surface area contributed by atoms with Crippen molar-refractivity contribution in [2.45, 2.75) is 25.8 Å². The van der Waals surface area contributed by atoms with E-state index < -0.39 is 4.92 Å². The lowest BCUT2D eigenvalue weighted by Gasteiger charge is -2.34. The third-order valence-corrected chi connectivity index (χ3v) is 3.96. The van der Waals surface area contributed by atoms with Gasteiger partial charge < -0.3 is 10.2 Å². The monoisotopic (exact) mass is 283 g/mol. The Morgan fingerprint density at radius 1 is 1.53 bits per heavy atom. The van der Waals surface area contributed by atoms with Crippen LogP contribution in [0.3, 0.4) is 0 Å². The van der Waals surface area contributed by atoms with E-state index in [4.69, 9.17) is 11.6 Å². The Bertz CT molecular complexity index is 487. The minimum Gasteiger partial charge on any atom is -0.370 e. The summed E-state index contributed by atoms with van der Waals surface area (Å²) < 4.78 is 0. The number of hydrogen-bond acceptors (Lipinski definition) is 4. The lowest BCUT2D eigenvalue weighted by molar-refractivity contribution is -0.384.